The molecule has 2 bridgehead atoms. The molecule has 1 spiro atoms. The quantitative estimate of drug-likeness (QED) is 0.438. The van der Waals surface area contributed by atoms with Crippen LogP contribution < -0.4 is 14.4 Å². The zero-order chi connectivity index (χ0) is 35.3. The number of aliphatic hydroxyl groups is 1. The number of hydrogen-bond donors (Lipinski definition) is 2. The minimum atomic E-state index is -4.06. The van der Waals surface area contributed by atoms with Gasteiger partial charge in [-0.3, -0.25) is 9.59 Å². The van der Waals surface area contributed by atoms with Crippen LogP contribution in [-0.2, 0) is 31.4 Å². The highest BCUT2D eigenvalue weighted by atomic mass is 35.5. The Morgan fingerprint density at radius 2 is 1.96 bits per heavy atom. The zero-order valence-corrected chi connectivity index (χ0v) is 30.5. The number of nitrogens with one attached hydrogen (secondary N) is 1. The van der Waals surface area contributed by atoms with E-state index in [0.717, 1.165) is 25.7 Å². The number of methoxy groups -OCH3 is 1. The number of carbonyl (C=O) groups is 2. The third kappa shape index (κ3) is 6.59. The lowest BCUT2D eigenvalue weighted by molar-refractivity contribution is -0.168. The van der Waals surface area contributed by atoms with Crippen LogP contribution in [0.25, 0.3) is 0 Å². The van der Waals surface area contributed by atoms with E-state index in [1.165, 1.54) is 23.1 Å². The Morgan fingerprint density at radius 1 is 1.18 bits per heavy atom. The summed E-state index contributed by atoms with van der Waals surface area (Å²) in [6, 6.07) is 11.1. The fourth-order valence-electron chi connectivity index (χ4n) is 8.31. The van der Waals surface area contributed by atoms with Crippen molar-refractivity contribution < 1.29 is 32.6 Å². The van der Waals surface area contributed by atoms with Crippen LogP contribution in [0.15, 0.2) is 48.6 Å². The molecule has 0 unspecified atom stereocenters. The summed E-state index contributed by atoms with van der Waals surface area (Å²) in [4.78, 5) is 30.7. The fraction of sp³-hybridized carbons (Fsp3) is 0.568. The van der Waals surface area contributed by atoms with Gasteiger partial charge in [0.15, 0.2) is 6.10 Å². The molecule has 0 saturated heterocycles. The fourth-order valence-corrected chi connectivity index (χ4v) is 9.79. The SMILES string of the molecule is CO[C@@H](C(=O)N(C)C)[C@]1(O)/C=C/C[C@H](C)[C@@H](C)S(=O)(=O)NC(=O)c2ccc3c(c2)N(C[C@@H]2CC[C@H]21)C[C@@]1(CCCc2cc(Cl)ccc21)CO3. The normalized spacial score (nSPS) is 32.3. The lowest BCUT2D eigenvalue weighted by Crippen LogP contribution is -2.60. The number of nitrogens with zero attached hydrogens (tertiary/aromatic N) is 2. The molecule has 2 aromatic carbocycles. The minimum absolute atomic E-state index is 0.0272. The Labute approximate surface area is 294 Å². The second-order valence-electron chi connectivity index (χ2n) is 14.8. The number of carbonyl (C=O) groups excluding carboxylic acids is 2. The average Bonchev–Trinajstić information content (AvgIpc) is 3.18. The van der Waals surface area contributed by atoms with Crippen LogP contribution in [0.3, 0.4) is 0 Å². The number of fused-ring (bicyclic) bond motifs is 4. The van der Waals surface area contributed by atoms with E-state index < -0.39 is 38.8 Å². The molecule has 2 heterocycles. The third-order valence-corrected chi connectivity index (χ3v) is 13.7. The van der Waals surface area contributed by atoms with Gasteiger partial charge in [-0.2, -0.15) is 0 Å². The predicted octanol–water partition coefficient (Wildman–Crippen LogP) is 4.72. The second-order valence-corrected chi connectivity index (χ2v) is 17.2. The maximum absolute atomic E-state index is 13.5. The van der Waals surface area contributed by atoms with Gasteiger partial charge in [-0.25, -0.2) is 13.1 Å². The highest BCUT2D eigenvalue weighted by Gasteiger charge is 2.54. The van der Waals surface area contributed by atoms with Gasteiger partial charge in [0, 0.05) is 50.3 Å². The van der Waals surface area contributed by atoms with Crippen molar-refractivity contribution in [3.05, 3.63) is 70.3 Å². The van der Waals surface area contributed by atoms with Gasteiger partial charge in [-0.05, 0) is 105 Å². The van der Waals surface area contributed by atoms with Crippen LogP contribution in [0.5, 0.6) is 5.75 Å². The molecule has 2 aromatic rings. The third-order valence-electron chi connectivity index (χ3n) is 11.5. The Kier molecular flexibility index (Phi) is 9.87. The number of allylic oxidation sites excluding steroid dienone is 1. The van der Waals surface area contributed by atoms with Crippen LogP contribution in [0, 0.1) is 17.8 Å². The molecule has 12 heteroatoms. The van der Waals surface area contributed by atoms with E-state index in [2.05, 4.69) is 15.7 Å². The first-order chi connectivity index (χ1) is 23.2. The molecular weight excluding hydrogens is 666 g/mol. The number of benzene rings is 2. The van der Waals surface area contributed by atoms with Crippen molar-refractivity contribution in [2.45, 2.75) is 74.7 Å². The maximum atomic E-state index is 13.5. The minimum Gasteiger partial charge on any atom is -0.490 e. The standard InChI is InChI=1S/C37H48ClN3O7S/c1-23-8-6-17-37(44,33(47-5)35(43)40(3)4)30-13-10-27(30)20-41-21-36(16-7-9-25-18-28(38)12-14-29(25)36)22-48-32-15-11-26(19-31(32)41)34(42)39-49(45,46)24(23)2/h6,11-12,14-15,17-19,23-24,27,30,33,44H,7-10,13,16,20-22H2,1-5H3,(H,39,42)/b17-6+/t23-,24+,27-,30+,33-,36-,37-/m0/s1. The smallest absolute Gasteiger partial charge is 0.264 e. The summed E-state index contributed by atoms with van der Waals surface area (Å²) in [7, 11) is 0.654. The van der Waals surface area contributed by atoms with Crippen molar-refractivity contribution >= 4 is 39.1 Å². The Bertz CT molecular complexity index is 1750. The summed E-state index contributed by atoms with van der Waals surface area (Å²) >= 11 is 6.43. The van der Waals surface area contributed by atoms with E-state index in [1.807, 2.05) is 12.1 Å². The van der Waals surface area contributed by atoms with Crippen LogP contribution in [-0.4, -0.2) is 88.1 Å². The molecule has 0 radical (unpaired) electrons. The monoisotopic (exact) mass is 713 g/mol. The molecule has 2 amide bonds. The molecule has 2 N–H and O–H groups in total. The number of likely N-dealkylation sites (N-methyl/N-ethyl adjacent to an activating group) is 1. The molecular formula is C37H48ClN3O7S. The number of hydrogen-bond acceptors (Lipinski definition) is 8. The topological polar surface area (TPSA) is 125 Å². The Hall–Kier alpha value is -3.12. The highest BCUT2D eigenvalue weighted by molar-refractivity contribution is 7.90. The van der Waals surface area contributed by atoms with E-state index in [-0.39, 0.29) is 28.7 Å². The number of ether oxygens (including phenoxy) is 2. The number of rotatable bonds is 3. The molecule has 1 fully saturated rings. The first-order valence-corrected chi connectivity index (χ1v) is 19.1. The molecule has 4 aliphatic rings. The van der Waals surface area contributed by atoms with E-state index in [4.69, 9.17) is 21.1 Å². The summed E-state index contributed by atoms with van der Waals surface area (Å²) in [5.74, 6) is -1.20. The molecule has 2 aliphatic carbocycles. The number of halogens is 1. The van der Waals surface area contributed by atoms with Crippen LogP contribution >= 0.6 is 11.6 Å². The summed E-state index contributed by atoms with van der Waals surface area (Å²) in [5.41, 5.74) is 1.27. The summed E-state index contributed by atoms with van der Waals surface area (Å²) in [6.45, 7) is 4.88. The average molecular weight is 714 g/mol. The van der Waals surface area contributed by atoms with Crippen molar-refractivity contribution in [3.63, 3.8) is 0 Å². The number of anilines is 1. The molecule has 10 nitrogen and oxygen atoms in total. The van der Waals surface area contributed by atoms with Crippen molar-refractivity contribution in [1.82, 2.24) is 9.62 Å². The summed E-state index contributed by atoms with van der Waals surface area (Å²) < 4.78 is 41.5. The molecule has 266 valence electrons. The van der Waals surface area contributed by atoms with Gasteiger partial charge < -0.3 is 24.4 Å². The van der Waals surface area contributed by atoms with E-state index in [0.29, 0.717) is 49.0 Å². The number of aryl methyl sites for hydroxylation is 1. The molecule has 6 rings (SSSR count). The molecule has 49 heavy (non-hydrogen) atoms. The zero-order valence-electron chi connectivity index (χ0n) is 28.9. The van der Waals surface area contributed by atoms with E-state index in [9.17, 15) is 23.1 Å². The van der Waals surface area contributed by atoms with Gasteiger partial charge in [0.25, 0.3) is 11.8 Å². The van der Waals surface area contributed by atoms with E-state index >= 15 is 0 Å². The molecule has 7 atom stereocenters. The molecule has 1 saturated carbocycles. The Balaban J connectivity index is 1.48. The van der Waals surface area contributed by atoms with Crippen LogP contribution in [0.4, 0.5) is 5.69 Å². The largest absolute Gasteiger partial charge is 0.490 e. The van der Waals surface area contributed by atoms with Gasteiger partial charge >= 0.3 is 0 Å². The van der Waals surface area contributed by atoms with Crippen molar-refractivity contribution in [1.29, 1.82) is 0 Å². The first-order valence-electron chi connectivity index (χ1n) is 17.2. The summed E-state index contributed by atoms with van der Waals surface area (Å²) in [5, 5.41) is 12.3. The van der Waals surface area contributed by atoms with E-state index in [1.54, 1.807) is 58.3 Å². The van der Waals surface area contributed by atoms with Crippen LogP contribution in [0.2, 0.25) is 5.02 Å². The first kappa shape index (κ1) is 35.7. The number of amides is 2. The molecule has 0 aromatic heterocycles. The number of sulfonamides is 1. The van der Waals surface area contributed by atoms with Gasteiger partial charge in [-0.15, -0.1) is 0 Å². The summed E-state index contributed by atoms with van der Waals surface area (Å²) in [6.07, 6.45) is 6.82. The van der Waals surface area contributed by atoms with Crippen LogP contribution in [0.1, 0.15) is 67.4 Å². The lowest BCUT2D eigenvalue weighted by Gasteiger charge is -2.51. The van der Waals surface area contributed by atoms with Gasteiger partial charge in [0.2, 0.25) is 10.0 Å². The van der Waals surface area contributed by atoms with Crippen molar-refractivity contribution in [3.8, 4) is 5.75 Å². The lowest BCUT2D eigenvalue weighted by atomic mass is 9.62. The predicted molar refractivity (Wildman–Crippen MR) is 190 cm³/mol. The van der Waals surface area contributed by atoms with Gasteiger partial charge in [0.05, 0.1) is 17.5 Å². The molecule has 2 aliphatic heterocycles. The van der Waals surface area contributed by atoms with Crippen molar-refractivity contribution in [2.75, 3.05) is 45.8 Å². The Morgan fingerprint density at radius 3 is 2.65 bits per heavy atom. The van der Waals surface area contributed by atoms with Crippen molar-refractivity contribution in [2.24, 2.45) is 17.8 Å². The highest BCUT2D eigenvalue weighted by Crippen LogP contribution is 2.49. The van der Waals surface area contributed by atoms with Gasteiger partial charge in [-0.1, -0.05) is 36.7 Å². The second kappa shape index (κ2) is 13.5. The maximum Gasteiger partial charge on any atom is 0.264 e. The van der Waals surface area contributed by atoms with Gasteiger partial charge in [0.1, 0.15) is 11.4 Å².